The van der Waals surface area contributed by atoms with Crippen molar-refractivity contribution in [1.82, 2.24) is 29.7 Å². The van der Waals surface area contributed by atoms with E-state index in [-0.39, 0.29) is 30.7 Å². The van der Waals surface area contributed by atoms with Gasteiger partial charge >= 0.3 is 6.18 Å². The highest BCUT2D eigenvalue weighted by molar-refractivity contribution is 5.53. The van der Waals surface area contributed by atoms with Crippen LogP contribution in [0.1, 0.15) is 18.5 Å². The molecule has 152 valence electrons. The van der Waals surface area contributed by atoms with Gasteiger partial charge in [0, 0.05) is 43.2 Å². The van der Waals surface area contributed by atoms with Gasteiger partial charge < -0.3 is 10.6 Å². The molecule has 3 aromatic heterocycles. The van der Waals surface area contributed by atoms with Crippen molar-refractivity contribution in [3.8, 4) is 5.95 Å². The smallest absolute Gasteiger partial charge is 0.351 e. The molecule has 3 aromatic rings. The molecule has 13 heteroatoms. The molecule has 0 radical (unpaired) electrons. The summed E-state index contributed by atoms with van der Waals surface area (Å²) in [5.41, 5.74) is -0.551. The Hall–Kier alpha value is -3.38. The molecule has 0 aromatic carbocycles. The molecule has 29 heavy (non-hydrogen) atoms. The summed E-state index contributed by atoms with van der Waals surface area (Å²) in [6, 6.07) is 3.47. The van der Waals surface area contributed by atoms with Crippen LogP contribution in [0.3, 0.4) is 0 Å². The first kappa shape index (κ1) is 19.0. The summed E-state index contributed by atoms with van der Waals surface area (Å²) >= 11 is 0. The first-order chi connectivity index (χ1) is 13.7. The van der Waals surface area contributed by atoms with Crippen molar-refractivity contribution in [1.29, 1.82) is 0 Å². The van der Waals surface area contributed by atoms with Gasteiger partial charge in [0.15, 0.2) is 5.69 Å². The Balaban J connectivity index is 1.65. The number of hydrogen-bond acceptors (Lipinski definition) is 7. The van der Waals surface area contributed by atoms with E-state index in [0.29, 0.717) is 5.69 Å². The van der Waals surface area contributed by atoms with Crippen molar-refractivity contribution >= 4 is 17.6 Å². The Morgan fingerprint density at radius 2 is 1.69 bits per heavy atom. The molecular formula is C16H13F5N8. The maximum Gasteiger partial charge on any atom is 0.435 e. The fourth-order valence-corrected chi connectivity index (χ4v) is 2.68. The van der Waals surface area contributed by atoms with Gasteiger partial charge in [0.2, 0.25) is 11.9 Å². The Morgan fingerprint density at radius 3 is 2.31 bits per heavy atom. The van der Waals surface area contributed by atoms with Crippen LogP contribution in [-0.4, -0.2) is 41.7 Å². The first-order valence-corrected chi connectivity index (χ1v) is 8.39. The second-order valence-electron chi connectivity index (χ2n) is 6.39. The number of rotatable bonds is 5. The number of nitrogens with one attached hydrogen (secondary N) is 2. The second-order valence-corrected chi connectivity index (χ2v) is 6.39. The minimum Gasteiger partial charge on any atom is -0.351 e. The Labute approximate surface area is 160 Å². The van der Waals surface area contributed by atoms with Gasteiger partial charge in [0.1, 0.15) is 0 Å². The van der Waals surface area contributed by atoms with Crippen molar-refractivity contribution in [2.75, 3.05) is 10.6 Å². The molecule has 0 saturated heterocycles. The van der Waals surface area contributed by atoms with Gasteiger partial charge in [-0.2, -0.15) is 33.2 Å². The number of alkyl halides is 5. The largest absolute Gasteiger partial charge is 0.435 e. The van der Waals surface area contributed by atoms with E-state index in [9.17, 15) is 22.0 Å². The van der Waals surface area contributed by atoms with Crippen LogP contribution in [0.25, 0.3) is 5.95 Å². The standard InChI is InChI=1S/C16H13F5N8/c17-15(18)7-10(8-15)24-13-25-12(23-9-1-4-22-5-2-9)26-14(27-13)29-6-3-11(28-29)16(19,20)21/h1-6,10H,7-8H2,(H2,22,23,24,25,26,27). The molecular weight excluding hydrogens is 399 g/mol. The quantitative estimate of drug-likeness (QED) is 0.620. The van der Waals surface area contributed by atoms with E-state index in [0.717, 1.165) is 16.9 Å². The van der Waals surface area contributed by atoms with E-state index in [1.54, 1.807) is 12.1 Å². The number of aromatic nitrogens is 6. The summed E-state index contributed by atoms with van der Waals surface area (Å²) in [6.45, 7) is 0. The fourth-order valence-electron chi connectivity index (χ4n) is 2.68. The van der Waals surface area contributed by atoms with Crippen LogP contribution in [0.5, 0.6) is 0 Å². The maximum atomic E-state index is 13.1. The Morgan fingerprint density at radius 1 is 1.00 bits per heavy atom. The second kappa shape index (κ2) is 6.90. The maximum absolute atomic E-state index is 13.1. The van der Waals surface area contributed by atoms with Crippen molar-refractivity contribution in [2.45, 2.75) is 31.0 Å². The molecule has 0 spiro atoms. The van der Waals surface area contributed by atoms with Crippen molar-refractivity contribution in [3.05, 3.63) is 42.5 Å². The van der Waals surface area contributed by atoms with Gasteiger partial charge in [-0.1, -0.05) is 0 Å². The highest BCUT2D eigenvalue weighted by Crippen LogP contribution is 2.38. The lowest BCUT2D eigenvalue weighted by atomic mass is 9.88. The molecule has 1 aliphatic carbocycles. The molecule has 0 unspecified atom stereocenters. The topological polar surface area (TPSA) is 93.4 Å². The van der Waals surface area contributed by atoms with Crippen LogP contribution < -0.4 is 10.6 Å². The fraction of sp³-hybridized carbons (Fsp3) is 0.312. The summed E-state index contributed by atoms with van der Waals surface area (Å²) in [4.78, 5) is 16.1. The van der Waals surface area contributed by atoms with Gasteiger partial charge in [0.05, 0.1) is 0 Å². The molecule has 1 aliphatic rings. The van der Waals surface area contributed by atoms with Crippen LogP contribution in [0.4, 0.5) is 39.5 Å². The number of anilines is 3. The third-order valence-corrected chi connectivity index (χ3v) is 4.07. The van der Waals surface area contributed by atoms with Gasteiger partial charge in [0.25, 0.3) is 11.9 Å². The van der Waals surface area contributed by atoms with E-state index >= 15 is 0 Å². The molecule has 0 amide bonds. The number of pyridine rings is 1. The van der Waals surface area contributed by atoms with E-state index < -0.39 is 23.8 Å². The average Bonchev–Trinajstić information content (AvgIpc) is 3.11. The average molecular weight is 412 g/mol. The number of halogens is 5. The Kier molecular flexibility index (Phi) is 4.51. The molecule has 4 rings (SSSR count). The lowest BCUT2D eigenvalue weighted by Crippen LogP contribution is -2.44. The Bertz CT molecular complexity index is 996. The molecule has 1 fully saturated rings. The number of hydrogen-bond donors (Lipinski definition) is 2. The van der Waals surface area contributed by atoms with Crippen LogP contribution in [0.15, 0.2) is 36.8 Å². The zero-order valence-electron chi connectivity index (χ0n) is 14.5. The van der Waals surface area contributed by atoms with Crippen molar-refractivity contribution in [2.24, 2.45) is 0 Å². The zero-order valence-corrected chi connectivity index (χ0v) is 14.5. The molecule has 0 bridgehead atoms. The third-order valence-electron chi connectivity index (χ3n) is 4.07. The van der Waals surface area contributed by atoms with E-state index in [2.05, 4.69) is 35.7 Å². The number of nitrogens with zero attached hydrogens (tertiary/aromatic N) is 6. The van der Waals surface area contributed by atoms with Crippen molar-refractivity contribution in [3.63, 3.8) is 0 Å². The van der Waals surface area contributed by atoms with E-state index in [1.807, 2.05) is 0 Å². The van der Waals surface area contributed by atoms with Gasteiger partial charge in [-0.25, -0.2) is 13.5 Å². The van der Waals surface area contributed by atoms with E-state index in [1.165, 1.54) is 12.4 Å². The summed E-state index contributed by atoms with van der Waals surface area (Å²) in [5.74, 6) is -3.02. The molecule has 2 N–H and O–H groups in total. The lowest BCUT2D eigenvalue weighted by Gasteiger charge is -2.35. The summed E-state index contributed by atoms with van der Waals surface area (Å²) in [5, 5.41) is 9.04. The highest BCUT2D eigenvalue weighted by Gasteiger charge is 2.45. The zero-order chi connectivity index (χ0) is 20.6. The predicted octanol–water partition coefficient (Wildman–Crippen LogP) is 3.42. The first-order valence-electron chi connectivity index (χ1n) is 8.39. The van der Waals surface area contributed by atoms with Crippen molar-refractivity contribution < 1.29 is 22.0 Å². The van der Waals surface area contributed by atoms with Crippen LogP contribution in [0.2, 0.25) is 0 Å². The molecule has 8 nitrogen and oxygen atoms in total. The molecule has 3 heterocycles. The normalized spacial score (nSPS) is 16.3. The minimum absolute atomic E-state index is 0.00107. The van der Waals surface area contributed by atoms with Gasteiger partial charge in [-0.15, -0.1) is 0 Å². The van der Waals surface area contributed by atoms with Crippen LogP contribution in [-0.2, 0) is 6.18 Å². The molecule has 0 atom stereocenters. The summed E-state index contributed by atoms with van der Waals surface area (Å²) in [6.07, 6.45) is -1.32. The van der Waals surface area contributed by atoms with Crippen LogP contribution >= 0.6 is 0 Å². The summed E-state index contributed by atoms with van der Waals surface area (Å²) < 4.78 is 65.5. The SMILES string of the molecule is FC1(F)CC(Nc2nc(Nc3ccncc3)nc(-n3ccc(C(F)(F)F)n3)n2)C1. The molecule has 0 aliphatic heterocycles. The lowest BCUT2D eigenvalue weighted by molar-refractivity contribution is -0.141. The highest BCUT2D eigenvalue weighted by atomic mass is 19.4. The van der Waals surface area contributed by atoms with Gasteiger partial charge in [-0.05, 0) is 18.2 Å². The predicted molar refractivity (Wildman–Crippen MR) is 91.1 cm³/mol. The minimum atomic E-state index is -4.63. The monoisotopic (exact) mass is 412 g/mol. The van der Waals surface area contributed by atoms with Crippen LogP contribution in [0, 0.1) is 0 Å². The van der Waals surface area contributed by atoms with E-state index in [4.69, 9.17) is 0 Å². The molecule has 1 saturated carbocycles. The van der Waals surface area contributed by atoms with Gasteiger partial charge in [-0.3, -0.25) is 4.98 Å². The third kappa shape index (κ3) is 4.38. The summed E-state index contributed by atoms with van der Waals surface area (Å²) in [7, 11) is 0.